The van der Waals surface area contributed by atoms with Crippen LogP contribution in [0.15, 0.2) is 12.1 Å². The van der Waals surface area contributed by atoms with Crippen molar-refractivity contribution in [2.75, 3.05) is 39.3 Å². The van der Waals surface area contributed by atoms with E-state index in [-0.39, 0.29) is 12.4 Å². The SMILES string of the molecule is Cc1cc(Cl)cc(C)c1CN1CCC(N2CCNCC2)C1.Cl. The van der Waals surface area contributed by atoms with Crippen LogP contribution in [0, 0.1) is 13.8 Å². The summed E-state index contributed by atoms with van der Waals surface area (Å²) in [5, 5.41) is 4.30. The second-order valence-corrected chi connectivity index (χ2v) is 6.92. The van der Waals surface area contributed by atoms with Crippen LogP contribution >= 0.6 is 24.0 Å². The summed E-state index contributed by atoms with van der Waals surface area (Å²) in [6.07, 6.45) is 1.31. The fourth-order valence-corrected chi connectivity index (χ4v) is 4.04. The lowest BCUT2D eigenvalue weighted by Crippen LogP contribution is -2.49. The highest BCUT2D eigenvalue weighted by atomic mass is 35.5. The van der Waals surface area contributed by atoms with Crippen LogP contribution < -0.4 is 5.32 Å². The normalized spacial score (nSPS) is 23.5. The second kappa shape index (κ2) is 7.98. The summed E-state index contributed by atoms with van der Waals surface area (Å²) in [6.45, 7) is 12.6. The molecule has 22 heavy (non-hydrogen) atoms. The maximum Gasteiger partial charge on any atom is 0.0411 e. The number of nitrogens with zero attached hydrogens (tertiary/aromatic N) is 2. The van der Waals surface area contributed by atoms with Crippen molar-refractivity contribution in [3.8, 4) is 0 Å². The molecule has 124 valence electrons. The Labute approximate surface area is 145 Å². The van der Waals surface area contributed by atoms with Gasteiger partial charge in [-0.2, -0.15) is 0 Å². The summed E-state index contributed by atoms with van der Waals surface area (Å²) >= 11 is 6.14. The molecule has 0 aromatic heterocycles. The predicted octanol–water partition coefficient (Wildman–Crippen LogP) is 2.86. The van der Waals surface area contributed by atoms with Gasteiger partial charge in [0.2, 0.25) is 0 Å². The van der Waals surface area contributed by atoms with E-state index in [0.717, 1.165) is 30.7 Å². The molecule has 0 aliphatic carbocycles. The largest absolute Gasteiger partial charge is 0.314 e. The first kappa shape index (κ1) is 18.0. The molecule has 2 fully saturated rings. The zero-order chi connectivity index (χ0) is 14.8. The van der Waals surface area contributed by atoms with Crippen LogP contribution in [0.1, 0.15) is 23.1 Å². The van der Waals surface area contributed by atoms with Gasteiger partial charge in [-0.1, -0.05) is 11.6 Å². The monoisotopic (exact) mass is 343 g/mol. The second-order valence-electron chi connectivity index (χ2n) is 6.48. The van der Waals surface area contributed by atoms with Crippen LogP contribution in [0.5, 0.6) is 0 Å². The van der Waals surface area contributed by atoms with Crippen molar-refractivity contribution in [1.29, 1.82) is 0 Å². The van der Waals surface area contributed by atoms with Crippen molar-refractivity contribution >= 4 is 24.0 Å². The predicted molar refractivity (Wildman–Crippen MR) is 96.3 cm³/mol. The fourth-order valence-electron chi connectivity index (χ4n) is 3.71. The first-order valence-electron chi connectivity index (χ1n) is 8.06. The molecule has 2 heterocycles. The summed E-state index contributed by atoms with van der Waals surface area (Å²) in [5.41, 5.74) is 4.11. The van der Waals surface area contributed by atoms with E-state index >= 15 is 0 Å². The van der Waals surface area contributed by atoms with E-state index in [2.05, 4.69) is 41.1 Å². The smallest absolute Gasteiger partial charge is 0.0411 e. The highest BCUT2D eigenvalue weighted by molar-refractivity contribution is 6.30. The van der Waals surface area contributed by atoms with Crippen LogP contribution in [0.2, 0.25) is 5.02 Å². The molecule has 1 aromatic rings. The number of benzene rings is 1. The molecule has 3 nitrogen and oxygen atoms in total. The molecule has 0 radical (unpaired) electrons. The van der Waals surface area contributed by atoms with Gasteiger partial charge in [0.1, 0.15) is 0 Å². The molecule has 3 rings (SSSR count). The molecule has 2 aliphatic heterocycles. The Morgan fingerprint density at radius 1 is 1.14 bits per heavy atom. The van der Waals surface area contributed by atoms with Gasteiger partial charge >= 0.3 is 0 Å². The van der Waals surface area contributed by atoms with Crippen molar-refractivity contribution in [1.82, 2.24) is 15.1 Å². The van der Waals surface area contributed by atoms with Crippen molar-refractivity contribution in [2.24, 2.45) is 0 Å². The zero-order valence-electron chi connectivity index (χ0n) is 13.6. The van der Waals surface area contributed by atoms with Crippen LogP contribution in [-0.2, 0) is 6.54 Å². The molecule has 0 saturated carbocycles. The van der Waals surface area contributed by atoms with Crippen molar-refractivity contribution < 1.29 is 0 Å². The number of rotatable bonds is 3. The molecule has 1 N–H and O–H groups in total. The van der Waals surface area contributed by atoms with Crippen molar-refractivity contribution in [2.45, 2.75) is 32.9 Å². The lowest BCUT2D eigenvalue weighted by Gasteiger charge is -2.32. The number of aryl methyl sites for hydroxylation is 2. The van der Waals surface area contributed by atoms with Gasteiger partial charge in [-0.05, 0) is 49.1 Å². The third-order valence-electron chi connectivity index (χ3n) is 4.96. The van der Waals surface area contributed by atoms with Crippen molar-refractivity contribution in [3.63, 3.8) is 0 Å². The van der Waals surface area contributed by atoms with Gasteiger partial charge in [-0.25, -0.2) is 0 Å². The Morgan fingerprint density at radius 2 is 1.77 bits per heavy atom. The van der Waals surface area contributed by atoms with Crippen LogP contribution in [0.4, 0.5) is 0 Å². The number of hydrogen-bond acceptors (Lipinski definition) is 3. The van der Waals surface area contributed by atoms with Gasteiger partial charge in [0.15, 0.2) is 0 Å². The Kier molecular flexibility index (Phi) is 6.54. The van der Waals surface area contributed by atoms with Crippen LogP contribution in [0.25, 0.3) is 0 Å². The molecule has 2 aliphatic rings. The summed E-state index contributed by atoms with van der Waals surface area (Å²) in [5.74, 6) is 0. The summed E-state index contributed by atoms with van der Waals surface area (Å²) in [6, 6.07) is 4.93. The standard InChI is InChI=1S/C17H26ClN3.ClH/c1-13-9-15(18)10-14(2)17(13)12-20-6-3-16(11-20)21-7-4-19-5-8-21;/h9-10,16,19H,3-8,11-12H2,1-2H3;1H. The van der Waals surface area contributed by atoms with Crippen LogP contribution in [-0.4, -0.2) is 55.1 Å². The quantitative estimate of drug-likeness (QED) is 0.910. The van der Waals surface area contributed by atoms with Gasteiger partial charge in [0.05, 0.1) is 0 Å². The Hall–Kier alpha value is -0.320. The highest BCUT2D eigenvalue weighted by Gasteiger charge is 2.28. The average Bonchev–Trinajstić information content (AvgIpc) is 2.92. The average molecular weight is 344 g/mol. The first-order chi connectivity index (χ1) is 10.1. The van der Waals surface area contributed by atoms with E-state index in [4.69, 9.17) is 11.6 Å². The minimum Gasteiger partial charge on any atom is -0.314 e. The molecular weight excluding hydrogens is 317 g/mol. The zero-order valence-corrected chi connectivity index (χ0v) is 15.1. The third kappa shape index (κ3) is 4.15. The fraction of sp³-hybridized carbons (Fsp3) is 0.647. The molecule has 1 aromatic carbocycles. The van der Waals surface area contributed by atoms with Crippen LogP contribution in [0.3, 0.4) is 0 Å². The minimum atomic E-state index is 0. The number of piperazine rings is 1. The number of halogens is 2. The molecule has 1 atom stereocenters. The number of likely N-dealkylation sites (tertiary alicyclic amines) is 1. The van der Waals surface area contributed by atoms with E-state index < -0.39 is 0 Å². The van der Waals surface area contributed by atoms with Gasteiger partial charge in [-0.3, -0.25) is 9.80 Å². The third-order valence-corrected chi connectivity index (χ3v) is 5.18. The van der Waals surface area contributed by atoms with E-state index in [1.54, 1.807) is 0 Å². The molecular formula is C17H27Cl2N3. The minimum absolute atomic E-state index is 0. The molecule has 5 heteroatoms. The summed E-state index contributed by atoms with van der Waals surface area (Å²) in [7, 11) is 0. The van der Waals surface area contributed by atoms with Gasteiger partial charge in [0, 0.05) is 56.9 Å². The lowest BCUT2D eigenvalue weighted by molar-refractivity contribution is 0.170. The molecule has 0 bridgehead atoms. The van der Waals surface area contributed by atoms with Gasteiger partial charge in [-0.15, -0.1) is 12.4 Å². The lowest BCUT2D eigenvalue weighted by atomic mass is 10.0. The van der Waals surface area contributed by atoms with Gasteiger partial charge < -0.3 is 5.32 Å². The Morgan fingerprint density at radius 3 is 2.41 bits per heavy atom. The van der Waals surface area contributed by atoms with E-state index in [1.165, 1.54) is 49.3 Å². The number of nitrogens with one attached hydrogen (secondary N) is 1. The highest BCUT2D eigenvalue weighted by Crippen LogP contribution is 2.24. The maximum absolute atomic E-state index is 6.14. The molecule has 1 unspecified atom stereocenters. The first-order valence-corrected chi connectivity index (χ1v) is 8.44. The number of hydrogen-bond donors (Lipinski definition) is 1. The van der Waals surface area contributed by atoms with Gasteiger partial charge in [0.25, 0.3) is 0 Å². The molecule has 0 amide bonds. The summed E-state index contributed by atoms with van der Waals surface area (Å²) in [4.78, 5) is 5.27. The topological polar surface area (TPSA) is 18.5 Å². The van der Waals surface area contributed by atoms with E-state index in [9.17, 15) is 0 Å². The Bertz CT molecular complexity index is 478. The Balaban J connectivity index is 0.00000176. The molecule has 0 spiro atoms. The summed E-state index contributed by atoms with van der Waals surface area (Å²) < 4.78 is 0. The molecule has 2 saturated heterocycles. The maximum atomic E-state index is 6.14. The van der Waals surface area contributed by atoms with Crippen molar-refractivity contribution in [3.05, 3.63) is 33.8 Å². The van der Waals surface area contributed by atoms with E-state index in [0.29, 0.717) is 0 Å². The van der Waals surface area contributed by atoms with E-state index in [1.807, 2.05) is 0 Å².